The van der Waals surface area contributed by atoms with Gasteiger partial charge in [-0.3, -0.25) is 14.4 Å². The smallest absolute Gasteiger partial charge is 0.256 e. The van der Waals surface area contributed by atoms with Crippen LogP contribution in [0.5, 0.6) is 0 Å². The molecular formula is C33H33ClN4O3. The number of benzene rings is 3. The molecule has 1 saturated heterocycles. The van der Waals surface area contributed by atoms with Gasteiger partial charge >= 0.3 is 0 Å². The molecule has 3 atom stereocenters. The van der Waals surface area contributed by atoms with E-state index in [0.29, 0.717) is 36.4 Å². The van der Waals surface area contributed by atoms with Crippen molar-refractivity contribution >= 4 is 35.0 Å². The van der Waals surface area contributed by atoms with Crippen molar-refractivity contribution < 1.29 is 14.4 Å². The topological polar surface area (TPSA) is 82.1 Å². The molecule has 7 nitrogen and oxygen atoms in total. The van der Waals surface area contributed by atoms with Gasteiger partial charge in [0.2, 0.25) is 11.8 Å². The third kappa shape index (κ3) is 5.26. The van der Waals surface area contributed by atoms with Crippen molar-refractivity contribution in [2.75, 3.05) is 20.1 Å². The SMILES string of the molecule is CN1N=C2CCN(C(=O)C(NC(=O)C3CCc4ccccc4C3)c3ccc(Cl)cc3)CC2(Cc2ccccc2)C1=O. The maximum atomic E-state index is 14.3. The fourth-order valence-corrected chi connectivity index (χ4v) is 6.65. The molecule has 1 fully saturated rings. The zero-order valence-corrected chi connectivity index (χ0v) is 23.8. The van der Waals surface area contributed by atoms with E-state index < -0.39 is 11.5 Å². The number of hydrazone groups is 1. The van der Waals surface area contributed by atoms with E-state index in [2.05, 4.69) is 22.6 Å². The molecule has 8 heteroatoms. The standard InChI is InChI=1S/C33H33ClN4O3/c1-37-32(41)33(20-22-7-3-2-4-8-22)21-38(18-17-28(33)36-37)31(40)29(24-13-15-27(34)16-14-24)35-30(39)26-12-11-23-9-5-6-10-25(23)19-26/h2-10,13-16,26,29H,11-12,17-21H2,1H3,(H,35,39). The number of amides is 3. The van der Waals surface area contributed by atoms with Crippen LogP contribution in [0.3, 0.4) is 0 Å². The number of likely N-dealkylation sites (tertiary alicyclic amines) is 1. The largest absolute Gasteiger partial charge is 0.340 e. The second-order valence-electron chi connectivity index (χ2n) is 11.3. The third-order valence-corrected chi connectivity index (χ3v) is 8.97. The molecule has 3 aromatic rings. The Morgan fingerprint density at radius 2 is 1.71 bits per heavy atom. The summed E-state index contributed by atoms with van der Waals surface area (Å²) in [6.07, 6.45) is 3.16. The summed E-state index contributed by atoms with van der Waals surface area (Å²) in [5.41, 5.74) is 4.02. The number of piperidine rings is 1. The number of hydrogen-bond donors (Lipinski definition) is 1. The van der Waals surface area contributed by atoms with E-state index in [4.69, 9.17) is 11.6 Å². The monoisotopic (exact) mass is 568 g/mol. The first-order valence-electron chi connectivity index (χ1n) is 14.2. The van der Waals surface area contributed by atoms with E-state index in [-0.39, 0.29) is 30.2 Å². The van der Waals surface area contributed by atoms with Gasteiger partial charge in [0.15, 0.2) is 0 Å². The van der Waals surface area contributed by atoms with Crippen LogP contribution in [-0.2, 0) is 33.6 Å². The average molecular weight is 569 g/mol. The van der Waals surface area contributed by atoms with Crippen LogP contribution in [0.2, 0.25) is 5.02 Å². The number of aryl methyl sites for hydroxylation is 1. The van der Waals surface area contributed by atoms with Crippen LogP contribution in [0.25, 0.3) is 0 Å². The third-order valence-electron chi connectivity index (χ3n) is 8.72. The predicted octanol–water partition coefficient (Wildman–Crippen LogP) is 4.59. The highest BCUT2D eigenvalue weighted by molar-refractivity contribution is 6.30. The number of carbonyl (C=O) groups excluding carboxylic acids is 3. The number of rotatable bonds is 6. The summed E-state index contributed by atoms with van der Waals surface area (Å²) in [5.74, 6) is -0.697. The van der Waals surface area contributed by atoms with Crippen molar-refractivity contribution in [3.63, 3.8) is 0 Å². The summed E-state index contributed by atoms with van der Waals surface area (Å²) < 4.78 is 0. The summed E-state index contributed by atoms with van der Waals surface area (Å²) in [6, 6.07) is 24.2. The van der Waals surface area contributed by atoms with E-state index in [1.54, 1.807) is 36.2 Å². The molecule has 3 amide bonds. The van der Waals surface area contributed by atoms with Crippen molar-refractivity contribution in [3.05, 3.63) is 106 Å². The first-order chi connectivity index (χ1) is 19.8. The molecule has 41 heavy (non-hydrogen) atoms. The maximum Gasteiger partial charge on any atom is 0.256 e. The fourth-order valence-electron chi connectivity index (χ4n) is 6.52. The number of halogens is 1. The Labute approximate surface area is 245 Å². The molecule has 2 heterocycles. The van der Waals surface area contributed by atoms with Gasteiger partial charge in [-0.1, -0.05) is 78.3 Å². The molecule has 3 unspecified atom stereocenters. The number of nitrogens with zero attached hydrogens (tertiary/aromatic N) is 3. The van der Waals surface area contributed by atoms with E-state index in [1.165, 1.54) is 16.1 Å². The Kier molecular flexibility index (Phi) is 7.39. The molecule has 1 aliphatic carbocycles. The molecule has 0 bridgehead atoms. The Balaban J connectivity index is 1.27. The molecule has 0 aromatic heterocycles. The first kappa shape index (κ1) is 27.2. The minimum absolute atomic E-state index is 0.109. The normalized spacial score (nSPS) is 22.4. The maximum absolute atomic E-state index is 14.3. The lowest BCUT2D eigenvalue weighted by atomic mass is 9.73. The number of nitrogens with one attached hydrogen (secondary N) is 1. The van der Waals surface area contributed by atoms with Gasteiger partial charge < -0.3 is 10.2 Å². The van der Waals surface area contributed by atoms with Gasteiger partial charge in [-0.05, 0) is 60.1 Å². The van der Waals surface area contributed by atoms with Crippen LogP contribution >= 0.6 is 11.6 Å². The molecule has 0 radical (unpaired) electrons. The summed E-state index contributed by atoms with van der Waals surface area (Å²) in [6.45, 7) is 0.631. The zero-order valence-electron chi connectivity index (χ0n) is 23.1. The van der Waals surface area contributed by atoms with Crippen molar-refractivity contribution in [1.82, 2.24) is 15.2 Å². The van der Waals surface area contributed by atoms with Crippen molar-refractivity contribution in [1.29, 1.82) is 0 Å². The van der Waals surface area contributed by atoms with Gasteiger partial charge in [0.25, 0.3) is 5.91 Å². The highest BCUT2D eigenvalue weighted by Crippen LogP contribution is 2.39. The summed E-state index contributed by atoms with van der Waals surface area (Å²) in [5, 5.41) is 9.63. The van der Waals surface area contributed by atoms with Crippen LogP contribution in [0.15, 0.2) is 84.0 Å². The van der Waals surface area contributed by atoms with Crippen LogP contribution in [-0.4, -0.2) is 53.5 Å². The van der Waals surface area contributed by atoms with Crippen LogP contribution in [0.1, 0.15) is 41.1 Å². The van der Waals surface area contributed by atoms with Crippen LogP contribution in [0.4, 0.5) is 0 Å². The van der Waals surface area contributed by atoms with Crippen LogP contribution in [0, 0.1) is 11.3 Å². The predicted molar refractivity (Wildman–Crippen MR) is 158 cm³/mol. The van der Waals surface area contributed by atoms with Gasteiger partial charge in [0, 0.05) is 37.5 Å². The highest BCUT2D eigenvalue weighted by atomic mass is 35.5. The molecule has 210 valence electrons. The minimum Gasteiger partial charge on any atom is -0.340 e. The second kappa shape index (κ2) is 11.1. The quantitative estimate of drug-likeness (QED) is 0.472. The fraction of sp³-hybridized carbons (Fsp3) is 0.333. The molecule has 1 N–H and O–H groups in total. The summed E-state index contributed by atoms with van der Waals surface area (Å²) in [7, 11) is 1.67. The Morgan fingerprint density at radius 3 is 2.46 bits per heavy atom. The molecular weight excluding hydrogens is 536 g/mol. The number of hydrogen-bond acceptors (Lipinski definition) is 4. The van der Waals surface area contributed by atoms with Crippen molar-refractivity contribution in [2.45, 2.75) is 38.1 Å². The lowest BCUT2D eigenvalue weighted by molar-refractivity contribution is -0.142. The van der Waals surface area contributed by atoms with Crippen LogP contribution < -0.4 is 5.32 Å². The minimum atomic E-state index is -0.925. The lowest BCUT2D eigenvalue weighted by Crippen LogP contribution is -2.57. The van der Waals surface area contributed by atoms with E-state index in [9.17, 15) is 14.4 Å². The molecule has 3 aromatic carbocycles. The number of fused-ring (bicyclic) bond motifs is 2. The van der Waals surface area contributed by atoms with Gasteiger partial charge in [0.05, 0.1) is 5.71 Å². The molecule has 0 spiro atoms. The van der Waals surface area contributed by atoms with Crippen molar-refractivity contribution in [2.24, 2.45) is 16.4 Å². The molecule has 3 aliphatic rings. The van der Waals surface area contributed by atoms with Gasteiger partial charge in [-0.25, -0.2) is 5.01 Å². The highest BCUT2D eigenvalue weighted by Gasteiger charge is 2.54. The van der Waals surface area contributed by atoms with Crippen molar-refractivity contribution in [3.8, 4) is 0 Å². The van der Waals surface area contributed by atoms with Gasteiger partial charge in [0.1, 0.15) is 11.5 Å². The second-order valence-corrected chi connectivity index (χ2v) is 11.8. The summed E-state index contributed by atoms with van der Waals surface area (Å²) in [4.78, 5) is 43.2. The first-order valence-corrected chi connectivity index (χ1v) is 14.5. The molecule has 2 aliphatic heterocycles. The van der Waals surface area contributed by atoms with E-state index >= 15 is 0 Å². The van der Waals surface area contributed by atoms with Gasteiger partial charge in [-0.15, -0.1) is 0 Å². The lowest BCUT2D eigenvalue weighted by Gasteiger charge is -2.41. The number of carbonyl (C=O) groups is 3. The molecule has 0 saturated carbocycles. The van der Waals surface area contributed by atoms with E-state index in [0.717, 1.165) is 24.1 Å². The Morgan fingerprint density at radius 1 is 1.00 bits per heavy atom. The Hall–Kier alpha value is -3.97. The summed E-state index contributed by atoms with van der Waals surface area (Å²) >= 11 is 6.17. The van der Waals surface area contributed by atoms with Gasteiger partial charge in [-0.2, -0.15) is 5.10 Å². The average Bonchev–Trinajstić information content (AvgIpc) is 3.24. The Bertz CT molecular complexity index is 1510. The zero-order chi connectivity index (χ0) is 28.6. The van der Waals surface area contributed by atoms with E-state index in [1.807, 2.05) is 42.5 Å². The molecule has 6 rings (SSSR count).